The zero-order valence-electron chi connectivity index (χ0n) is 14.9. The van der Waals surface area contributed by atoms with Crippen LogP contribution in [0.2, 0.25) is 0 Å². The lowest BCUT2D eigenvalue weighted by Crippen LogP contribution is -2.64. The first-order valence-corrected chi connectivity index (χ1v) is 7.89. The van der Waals surface area contributed by atoms with Crippen LogP contribution >= 0.6 is 0 Å². The van der Waals surface area contributed by atoms with Gasteiger partial charge in [0, 0.05) is 7.11 Å². The number of rotatable bonds is 7. The summed E-state index contributed by atoms with van der Waals surface area (Å²) in [5.41, 5.74) is 0. The van der Waals surface area contributed by atoms with E-state index in [1.807, 2.05) is 4.74 Å². The molecule has 0 aromatic carbocycles. The summed E-state index contributed by atoms with van der Waals surface area (Å²) in [7, 11) is -6.39. The first-order valence-electron chi connectivity index (χ1n) is 6.45. The molecule has 0 fully saturated rings. The van der Waals surface area contributed by atoms with Crippen LogP contribution in [0.25, 0.3) is 0 Å². The molecule has 0 aliphatic rings. The van der Waals surface area contributed by atoms with Gasteiger partial charge < -0.3 is 9.84 Å². The Hall–Kier alpha value is -2.08. The van der Waals surface area contributed by atoms with Crippen LogP contribution in [0.15, 0.2) is 24.3 Å². The molecule has 0 saturated carbocycles. The lowest BCUT2D eigenvalue weighted by Gasteiger charge is -2.36. The predicted molar refractivity (Wildman–Crippen MR) is 68.4 cm³/mol. The molecule has 1 unspecified atom stereocenters. The summed E-state index contributed by atoms with van der Waals surface area (Å²) in [4.78, 5) is 0. The van der Waals surface area contributed by atoms with E-state index >= 15 is 0 Å². The van der Waals surface area contributed by atoms with Crippen LogP contribution in [0.5, 0.6) is 0 Å². The average molecular weight is 576 g/mol. The molecule has 6 nitrogen and oxygen atoms in total. The standard InChI is InChI=1S/C7HF13O5S.C2F4.CH4O/c8-1(9)2(10)24-5(15,16)3(11,4(12,13)14)25-6(17,18)7(19,20)26(21,22)23;3-1(4)2(5)6;1-2/h(H,21,22,23);;2H,1H3. The molecule has 0 aromatic heterocycles. The molecule has 0 radical (unpaired) electrons. The zero-order chi connectivity index (χ0) is 28.7. The highest BCUT2D eigenvalue weighted by molar-refractivity contribution is 7.86. The number of aliphatic hydroxyl groups is 1. The summed E-state index contributed by atoms with van der Waals surface area (Å²) in [6.07, 6.45) is -31.9. The Balaban J connectivity index is -0.00000103. The molecule has 0 aliphatic heterocycles. The van der Waals surface area contributed by atoms with Crippen LogP contribution in [-0.4, -0.2) is 54.7 Å². The van der Waals surface area contributed by atoms with E-state index in [-0.39, 0.29) is 0 Å². The van der Waals surface area contributed by atoms with Crippen LogP contribution in [-0.2, 0) is 19.6 Å². The van der Waals surface area contributed by atoms with Crippen molar-refractivity contribution in [1.82, 2.24) is 0 Å². The van der Waals surface area contributed by atoms with Gasteiger partial charge in [0.25, 0.3) is 0 Å². The Morgan fingerprint density at radius 3 is 1.18 bits per heavy atom. The van der Waals surface area contributed by atoms with Gasteiger partial charge in [0.1, 0.15) is 0 Å². The van der Waals surface area contributed by atoms with Crippen molar-refractivity contribution >= 4 is 10.1 Å². The molecule has 0 aromatic rings. The number of aliphatic hydroxyl groups excluding tert-OH is 1. The molecule has 0 saturated heterocycles. The highest BCUT2D eigenvalue weighted by Gasteiger charge is 2.82. The third-order valence-corrected chi connectivity index (χ3v) is 3.07. The van der Waals surface area contributed by atoms with Crippen molar-refractivity contribution in [3.63, 3.8) is 0 Å². The second kappa shape index (κ2) is 12.1. The highest BCUT2D eigenvalue weighted by atomic mass is 32.2. The molecular weight excluding hydrogens is 571 g/mol. The van der Waals surface area contributed by atoms with Crippen LogP contribution in [0, 0.1) is 0 Å². The first-order chi connectivity index (χ1) is 14.7. The Labute approximate surface area is 174 Å². The van der Waals surface area contributed by atoms with Gasteiger partial charge in [-0.05, 0) is 0 Å². The molecule has 34 heavy (non-hydrogen) atoms. The molecule has 0 rings (SSSR count). The van der Waals surface area contributed by atoms with Gasteiger partial charge in [-0.15, -0.1) is 0 Å². The molecule has 0 amide bonds. The van der Waals surface area contributed by atoms with Gasteiger partial charge in [-0.1, -0.05) is 0 Å². The maximum absolute atomic E-state index is 13.4. The molecule has 2 N–H and O–H groups in total. The molecule has 1 atom stereocenters. The van der Waals surface area contributed by atoms with E-state index in [2.05, 4.69) is 0 Å². The molecule has 0 heterocycles. The summed E-state index contributed by atoms with van der Waals surface area (Å²) in [6, 6.07) is -3.95. The van der Waals surface area contributed by atoms with Gasteiger partial charge >= 0.3 is 63.9 Å². The summed E-state index contributed by atoms with van der Waals surface area (Å²) in [5, 5.41) is -0.154. The van der Waals surface area contributed by atoms with E-state index in [1.165, 1.54) is 4.74 Å². The van der Waals surface area contributed by atoms with Crippen molar-refractivity contribution in [2.75, 3.05) is 7.11 Å². The third-order valence-electron chi connectivity index (χ3n) is 2.18. The van der Waals surface area contributed by atoms with Gasteiger partial charge in [0.05, 0.1) is 0 Å². The Morgan fingerprint density at radius 1 is 0.647 bits per heavy atom. The van der Waals surface area contributed by atoms with E-state index in [0.29, 0.717) is 0 Å². The third kappa shape index (κ3) is 8.94. The van der Waals surface area contributed by atoms with Crippen molar-refractivity contribution in [3.05, 3.63) is 24.3 Å². The van der Waals surface area contributed by atoms with Crippen molar-refractivity contribution < 1.29 is 102 Å². The quantitative estimate of drug-likeness (QED) is 0.235. The Bertz CT molecular complexity index is 812. The summed E-state index contributed by atoms with van der Waals surface area (Å²) in [5.74, 6) is -7.51. The van der Waals surface area contributed by atoms with Gasteiger partial charge in [-0.3, -0.25) is 9.29 Å². The van der Waals surface area contributed by atoms with Gasteiger partial charge in [-0.2, -0.15) is 83.1 Å². The summed E-state index contributed by atoms with van der Waals surface area (Å²) < 4.78 is 235. The van der Waals surface area contributed by atoms with Crippen LogP contribution < -0.4 is 0 Å². The molecule has 206 valence electrons. The fraction of sp³-hybridized carbons (Fsp3) is 0.600. The lowest BCUT2D eigenvalue weighted by molar-refractivity contribution is -0.510. The van der Waals surface area contributed by atoms with Crippen molar-refractivity contribution in [1.29, 1.82) is 0 Å². The number of hydrogen-bond acceptors (Lipinski definition) is 5. The van der Waals surface area contributed by atoms with E-state index in [0.717, 1.165) is 7.11 Å². The van der Waals surface area contributed by atoms with E-state index < -0.39 is 63.9 Å². The minimum atomic E-state index is -7.53. The van der Waals surface area contributed by atoms with Crippen LogP contribution in [0.3, 0.4) is 0 Å². The van der Waals surface area contributed by atoms with Gasteiger partial charge in [0.15, 0.2) is 0 Å². The summed E-state index contributed by atoms with van der Waals surface area (Å²) in [6.45, 7) is 0. The fourth-order valence-corrected chi connectivity index (χ4v) is 1.23. The highest BCUT2D eigenvalue weighted by Crippen LogP contribution is 2.53. The topological polar surface area (TPSA) is 93.1 Å². The maximum Gasteiger partial charge on any atom is 0.471 e. The van der Waals surface area contributed by atoms with Gasteiger partial charge in [0.2, 0.25) is 0 Å². The number of hydrogen-bond donors (Lipinski definition) is 2. The van der Waals surface area contributed by atoms with Crippen LogP contribution in [0.1, 0.15) is 0 Å². The second-order valence-electron chi connectivity index (χ2n) is 4.38. The normalized spacial score (nSPS) is 14.5. The Kier molecular flexibility index (Phi) is 12.9. The molecule has 24 heteroatoms. The predicted octanol–water partition coefficient (Wildman–Crippen LogP) is 5.55. The smallest absolute Gasteiger partial charge is 0.400 e. The first kappa shape index (κ1) is 36.5. The Morgan fingerprint density at radius 2 is 0.971 bits per heavy atom. The minimum absolute atomic E-state index is 1.00. The molecular formula is C10H5F17O6S. The number of halogens is 17. The number of alkyl halides is 10. The van der Waals surface area contributed by atoms with E-state index in [1.54, 1.807) is 0 Å². The SMILES string of the molecule is CO.FC(F)=C(F)F.O=S(=O)(O)C(F)(F)C(F)(F)OC(F)(C(F)(F)F)C(F)(F)OC(F)=C(F)F. The van der Waals surface area contributed by atoms with Crippen LogP contribution in [0.4, 0.5) is 74.6 Å². The number of ether oxygens (including phenoxy) is 2. The minimum Gasteiger partial charge on any atom is -0.400 e. The largest absolute Gasteiger partial charge is 0.471 e. The maximum atomic E-state index is 13.4. The van der Waals surface area contributed by atoms with Gasteiger partial charge in [-0.25, -0.2) is 0 Å². The zero-order valence-corrected chi connectivity index (χ0v) is 15.7. The van der Waals surface area contributed by atoms with Crippen molar-refractivity contribution in [2.45, 2.75) is 29.5 Å². The molecule has 0 aliphatic carbocycles. The van der Waals surface area contributed by atoms with Crippen molar-refractivity contribution in [3.8, 4) is 0 Å². The second-order valence-corrected chi connectivity index (χ2v) is 5.84. The molecule has 0 bridgehead atoms. The fourth-order valence-electron chi connectivity index (χ4n) is 0.885. The molecule has 0 spiro atoms. The van der Waals surface area contributed by atoms with E-state index in [9.17, 15) is 83.1 Å². The van der Waals surface area contributed by atoms with Crippen molar-refractivity contribution in [2.24, 2.45) is 0 Å². The monoisotopic (exact) mass is 576 g/mol. The summed E-state index contributed by atoms with van der Waals surface area (Å²) >= 11 is 0. The van der Waals surface area contributed by atoms with E-state index in [4.69, 9.17) is 9.66 Å². The lowest BCUT2D eigenvalue weighted by atomic mass is 10.2. The average Bonchev–Trinajstić information content (AvgIpc) is 2.60.